The lowest BCUT2D eigenvalue weighted by Gasteiger charge is -1.98. The minimum atomic E-state index is -0.0398. The van der Waals surface area contributed by atoms with Crippen molar-refractivity contribution in [1.82, 2.24) is 4.57 Å². The monoisotopic (exact) mass is 191 g/mol. The Morgan fingerprint density at radius 3 is 2.71 bits per heavy atom. The molecule has 0 fully saturated rings. The van der Waals surface area contributed by atoms with E-state index in [1.54, 1.807) is 30.9 Å². The minimum absolute atomic E-state index is 0.0398. The van der Waals surface area contributed by atoms with Crippen LogP contribution in [0.2, 0.25) is 0 Å². The first-order valence-electron chi connectivity index (χ1n) is 4.28. The Kier molecular flexibility index (Phi) is 1.96. The van der Waals surface area contributed by atoms with E-state index >= 15 is 0 Å². The summed E-state index contributed by atoms with van der Waals surface area (Å²) in [5.74, 6) is 0.638. The Balaban J connectivity index is 2.84. The molecule has 2 rings (SSSR count). The molecule has 4 heteroatoms. The van der Waals surface area contributed by atoms with Gasteiger partial charge in [0, 0.05) is 12.1 Å². The zero-order chi connectivity index (χ0) is 10.1. The van der Waals surface area contributed by atoms with E-state index in [0.29, 0.717) is 5.88 Å². The minimum Gasteiger partial charge on any atom is -0.466 e. The highest BCUT2D eigenvalue weighted by Crippen LogP contribution is 2.08. The van der Waals surface area contributed by atoms with Gasteiger partial charge in [0.1, 0.15) is 0 Å². The van der Waals surface area contributed by atoms with Gasteiger partial charge in [0.15, 0.2) is 0 Å². The molecule has 0 amide bonds. The van der Waals surface area contributed by atoms with E-state index in [4.69, 9.17) is 4.74 Å². The molecule has 1 N–H and O–H groups in total. The Morgan fingerprint density at radius 2 is 2.00 bits per heavy atom. The van der Waals surface area contributed by atoms with Crippen molar-refractivity contribution >= 4 is 11.0 Å². The summed E-state index contributed by atoms with van der Waals surface area (Å²) in [6, 6.07) is 7.06. The predicted molar refractivity (Wildman–Crippen MR) is 52.3 cm³/mol. The average molecular weight is 191 g/mol. The van der Waals surface area contributed by atoms with E-state index < -0.39 is 0 Å². The van der Waals surface area contributed by atoms with Crippen molar-refractivity contribution in [3.8, 4) is 5.88 Å². The second-order valence-electron chi connectivity index (χ2n) is 3.06. The number of fused-ring (bicyclic) bond motifs is 1. The van der Waals surface area contributed by atoms with Crippen LogP contribution >= 0.6 is 0 Å². The van der Waals surface area contributed by atoms with Crippen molar-refractivity contribution < 1.29 is 9.72 Å². The molecule has 0 aliphatic carbocycles. The largest absolute Gasteiger partial charge is 0.466 e. The summed E-state index contributed by atoms with van der Waals surface area (Å²) < 4.78 is 6.60. The molecule has 0 aliphatic rings. The van der Waals surface area contributed by atoms with Gasteiger partial charge < -0.3 is 4.74 Å². The molecule has 2 heterocycles. The van der Waals surface area contributed by atoms with Gasteiger partial charge in [-0.3, -0.25) is 0 Å². The van der Waals surface area contributed by atoms with Crippen LogP contribution in [0, 0.1) is 0 Å². The standard InChI is InChI=1S/C10H10N2O2/c1-12-9(13)6-4-7-3-5-8(14-2)11-10(7)12/h3-6H,1-2H3/p+1. The summed E-state index contributed by atoms with van der Waals surface area (Å²) in [6.45, 7) is 0. The van der Waals surface area contributed by atoms with Gasteiger partial charge in [0.05, 0.1) is 19.5 Å². The van der Waals surface area contributed by atoms with Crippen molar-refractivity contribution in [2.24, 2.45) is 7.05 Å². The maximum absolute atomic E-state index is 11.3. The molecule has 0 bridgehead atoms. The van der Waals surface area contributed by atoms with Crippen LogP contribution in [-0.2, 0) is 7.05 Å². The predicted octanol–water partition coefficient (Wildman–Crippen LogP) is 0.361. The summed E-state index contributed by atoms with van der Waals surface area (Å²) in [5, 5.41) is 0.980. The number of nitrogens with zero attached hydrogens (tertiary/aromatic N) is 1. The second-order valence-corrected chi connectivity index (χ2v) is 3.06. The number of hydrogen-bond donors (Lipinski definition) is 0. The topological polar surface area (TPSA) is 45.4 Å². The van der Waals surface area contributed by atoms with Crippen LogP contribution in [0.15, 0.2) is 29.1 Å². The molecular weight excluding hydrogens is 180 g/mol. The van der Waals surface area contributed by atoms with Crippen LogP contribution in [-0.4, -0.2) is 11.7 Å². The summed E-state index contributed by atoms with van der Waals surface area (Å²) in [6.07, 6.45) is 0. The number of hydrogen-bond acceptors (Lipinski definition) is 2. The molecule has 0 aliphatic heterocycles. The van der Waals surface area contributed by atoms with E-state index in [1.807, 2.05) is 12.1 Å². The zero-order valence-corrected chi connectivity index (χ0v) is 8.07. The quantitative estimate of drug-likeness (QED) is 0.653. The fraction of sp³-hybridized carbons (Fsp3) is 0.200. The third kappa shape index (κ3) is 1.25. The van der Waals surface area contributed by atoms with Crippen LogP contribution in [0.3, 0.4) is 0 Å². The molecule has 14 heavy (non-hydrogen) atoms. The summed E-state index contributed by atoms with van der Waals surface area (Å²) in [7, 11) is 3.30. The Labute approximate surface area is 80.8 Å². The average Bonchev–Trinajstić information content (AvgIpc) is 2.23. The molecule has 0 saturated carbocycles. The highest BCUT2D eigenvalue weighted by atomic mass is 16.5. The first-order valence-corrected chi connectivity index (χ1v) is 4.28. The van der Waals surface area contributed by atoms with E-state index in [1.165, 1.54) is 0 Å². The highest BCUT2D eigenvalue weighted by Gasteiger charge is 2.08. The van der Waals surface area contributed by atoms with Gasteiger partial charge in [-0.2, -0.15) is 4.57 Å². The van der Waals surface area contributed by atoms with Crippen molar-refractivity contribution in [3.63, 3.8) is 0 Å². The molecule has 72 valence electrons. The number of pyridine rings is 2. The van der Waals surface area contributed by atoms with Crippen LogP contribution < -0.4 is 15.3 Å². The summed E-state index contributed by atoms with van der Waals surface area (Å²) >= 11 is 0. The fourth-order valence-corrected chi connectivity index (χ4v) is 1.39. The number of ether oxygens (including phenoxy) is 1. The molecule has 0 aromatic carbocycles. The lowest BCUT2D eigenvalue weighted by Crippen LogP contribution is -2.22. The Bertz CT molecular complexity index is 531. The molecule has 0 unspecified atom stereocenters. The van der Waals surface area contributed by atoms with Crippen LogP contribution in [0.25, 0.3) is 11.0 Å². The fourth-order valence-electron chi connectivity index (χ4n) is 1.39. The van der Waals surface area contributed by atoms with Crippen LogP contribution in [0.5, 0.6) is 5.88 Å². The molecular formula is C10H11N2O2+. The third-order valence-electron chi connectivity index (χ3n) is 2.22. The van der Waals surface area contributed by atoms with Gasteiger partial charge in [-0.1, -0.05) is 0 Å². The molecule has 0 saturated heterocycles. The number of aromatic amines is 1. The number of rotatable bonds is 1. The molecule has 4 nitrogen and oxygen atoms in total. The second kappa shape index (κ2) is 3.14. The number of nitrogens with one attached hydrogen (secondary N) is 1. The zero-order valence-electron chi connectivity index (χ0n) is 8.07. The van der Waals surface area contributed by atoms with E-state index in [9.17, 15) is 4.79 Å². The molecule has 2 aromatic rings. The third-order valence-corrected chi connectivity index (χ3v) is 2.22. The molecule has 0 radical (unpaired) electrons. The lowest BCUT2D eigenvalue weighted by atomic mass is 10.3. The van der Waals surface area contributed by atoms with Crippen LogP contribution in [0.4, 0.5) is 0 Å². The van der Waals surface area contributed by atoms with Crippen molar-refractivity contribution in [3.05, 3.63) is 34.6 Å². The van der Waals surface area contributed by atoms with Crippen molar-refractivity contribution in [2.75, 3.05) is 7.11 Å². The number of methoxy groups -OCH3 is 1. The summed E-state index contributed by atoms with van der Waals surface area (Å²) in [5.41, 5.74) is 0.721. The van der Waals surface area contributed by atoms with Gasteiger partial charge in [0.2, 0.25) is 0 Å². The lowest BCUT2D eigenvalue weighted by molar-refractivity contribution is -0.365. The first kappa shape index (κ1) is 8.74. The maximum atomic E-state index is 11.3. The van der Waals surface area contributed by atoms with Gasteiger partial charge in [0.25, 0.3) is 11.5 Å². The first-order chi connectivity index (χ1) is 6.72. The SMILES string of the molecule is COc1ccc2ccc(=O)n(C)c2[nH+]1. The number of aromatic nitrogens is 2. The molecule has 2 aromatic heterocycles. The van der Waals surface area contributed by atoms with Crippen LogP contribution in [0.1, 0.15) is 0 Å². The maximum Gasteiger partial charge on any atom is 0.333 e. The highest BCUT2D eigenvalue weighted by molar-refractivity contribution is 5.71. The Morgan fingerprint density at radius 1 is 1.29 bits per heavy atom. The van der Waals surface area contributed by atoms with E-state index in [-0.39, 0.29) is 5.56 Å². The summed E-state index contributed by atoms with van der Waals surface area (Å²) in [4.78, 5) is 14.4. The number of aryl methyl sites for hydroxylation is 1. The van der Waals surface area contributed by atoms with Crippen molar-refractivity contribution in [2.45, 2.75) is 0 Å². The normalized spacial score (nSPS) is 10.4. The van der Waals surface area contributed by atoms with E-state index in [2.05, 4.69) is 4.98 Å². The van der Waals surface area contributed by atoms with Gasteiger partial charge >= 0.3 is 5.56 Å². The Hall–Kier alpha value is -1.84. The van der Waals surface area contributed by atoms with Crippen molar-refractivity contribution in [1.29, 1.82) is 0 Å². The molecule has 0 spiro atoms. The molecule has 0 atom stereocenters. The smallest absolute Gasteiger partial charge is 0.333 e. The number of H-pyrrole nitrogens is 1. The van der Waals surface area contributed by atoms with Gasteiger partial charge in [-0.15, -0.1) is 0 Å². The van der Waals surface area contributed by atoms with E-state index in [0.717, 1.165) is 11.0 Å². The van der Waals surface area contributed by atoms with Gasteiger partial charge in [-0.05, 0) is 12.1 Å². The van der Waals surface area contributed by atoms with Gasteiger partial charge in [-0.25, -0.2) is 9.78 Å².